The van der Waals surface area contributed by atoms with Crippen molar-refractivity contribution in [2.24, 2.45) is 0 Å². The summed E-state index contributed by atoms with van der Waals surface area (Å²) in [7, 11) is -3.97. The van der Waals surface area contributed by atoms with Crippen LogP contribution in [0.15, 0.2) is 65.6 Å². The van der Waals surface area contributed by atoms with Crippen LogP contribution in [-0.2, 0) is 10.0 Å². The third-order valence-electron chi connectivity index (χ3n) is 4.40. The third-order valence-corrected chi connectivity index (χ3v) is 5.78. The summed E-state index contributed by atoms with van der Waals surface area (Å²) < 4.78 is 52.3. The van der Waals surface area contributed by atoms with E-state index in [-0.39, 0.29) is 28.6 Å². The number of carbonyl (C=O) groups is 1. The molecule has 30 heavy (non-hydrogen) atoms. The van der Waals surface area contributed by atoms with E-state index in [9.17, 15) is 17.6 Å². The molecule has 4 rings (SSSR count). The number of hydrogen-bond acceptors (Lipinski definition) is 5. The molecular weight excluding hydrogens is 411 g/mol. The van der Waals surface area contributed by atoms with Crippen LogP contribution in [0.5, 0.6) is 11.5 Å². The first kappa shape index (κ1) is 19.7. The monoisotopic (exact) mass is 428 g/mol. The Morgan fingerprint density at radius 1 is 1.00 bits per heavy atom. The molecule has 0 aliphatic carbocycles. The zero-order chi connectivity index (χ0) is 21.3. The van der Waals surface area contributed by atoms with Crippen molar-refractivity contribution in [3.8, 4) is 11.5 Å². The Kier molecular flexibility index (Phi) is 5.04. The summed E-state index contributed by atoms with van der Waals surface area (Å²) in [5.41, 5.74) is 1.16. The van der Waals surface area contributed by atoms with Crippen LogP contribution in [-0.4, -0.2) is 21.1 Å². The summed E-state index contributed by atoms with van der Waals surface area (Å²) in [4.78, 5) is 12.4. The van der Waals surface area contributed by atoms with E-state index in [1.165, 1.54) is 42.5 Å². The standard InChI is InChI=1S/C21H17FN2O5S/c1-13-5-7-17(22)18(9-13)23-21(25)14-3-2-4-16(10-14)30(26,27)24-15-6-8-19-20(11-15)29-12-28-19/h2-11,24H,12H2,1H3,(H,23,25). The molecule has 2 N–H and O–H groups in total. The number of rotatable bonds is 5. The van der Waals surface area contributed by atoms with Gasteiger partial charge in [0.15, 0.2) is 11.5 Å². The highest BCUT2D eigenvalue weighted by Gasteiger charge is 2.19. The topological polar surface area (TPSA) is 93.7 Å². The van der Waals surface area contributed by atoms with Crippen LogP contribution in [0.4, 0.5) is 15.8 Å². The highest BCUT2D eigenvalue weighted by Crippen LogP contribution is 2.34. The maximum atomic E-state index is 13.9. The normalized spacial score (nSPS) is 12.5. The maximum absolute atomic E-state index is 13.9. The van der Waals surface area contributed by atoms with Gasteiger partial charge in [0, 0.05) is 11.6 Å². The molecular formula is C21H17FN2O5S. The van der Waals surface area contributed by atoms with Gasteiger partial charge in [-0.15, -0.1) is 0 Å². The second-order valence-corrected chi connectivity index (χ2v) is 8.32. The number of amides is 1. The molecule has 1 amide bonds. The number of benzene rings is 3. The highest BCUT2D eigenvalue weighted by atomic mass is 32.2. The van der Waals surface area contributed by atoms with Crippen LogP contribution in [0.2, 0.25) is 0 Å². The van der Waals surface area contributed by atoms with E-state index < -0.39 is 21.7 Å². The Labute approximate surface area is 172 Å². The number of sulfonamides is 1. The number of aryl methyl sites for hydroxylation is 1. The molecule has 0 bridgehead atoms. The Bertz CT molecular complexity index is 1240. The number of hydrogen-bond donors (Lipinski definition) is 2. The van der Waals surface area contributed by atoms with E-state index in [1.807, 2.05) is 0 Å². The Hall–Kier alpha value is -3.59. The Morgan fingerprint density at radius 2 is 1.80 bits per heavy atom. The van der Waals surface area contributed by atoms with Crippen LogP contribution in [0.1, 0.15) is 15.9 Å². The number of nitrogens with one attached hydrogen (secondary N) is 2. The Morgan fingerprint density at radius 3 is 2.63 bits per heavy atom. The molecule has 3 aromatic rings. The molecule has 3 aromatic carbocycles. The van der Waals surface area contributed by atoms with E-state index >= 15 is 0 Å². The van der Waals surface area contributed by atoms with Crippen molar-refractivity contribution in [2.75, 3.05) is 16.8 Å². The second kappa shape index (κ2) is 7.68. The van der Waals surface area contributed by atoms with Crippen LogP contribution in [0.25, 0.3) is 0 Å². The van der Waals surface area contributed by atoms with E-state index in [2.05, 4.69) is 10.0 Å². The van der Waals surface area contributed by atoms with Crippen LogP contribution < -0.4 is 19.5 Å². The van der Waals surface area contributed by atoms with Crippen molar-refractivity contribution in [2.45, 2.75) is 11.8 Å². The van der Waals surface area contributed by atoms with E-state index in [1.54, 1.807) is 25.1 Å². The lowest BCUT2D eigenvalue weighted by atomic mass is 10.2. The first-order valence-corrected chi connectivity index (χ1v) is 10.4. The summed E-state index contributed by atoms with van der Waals surface area (Å²) in [6.45, 7) is 1.84. The van der Waals surface area contributed by atoms with Gasteiger partial charge in [0.05, 0.1) is 16.3 Å². The summed E-state index contributed by atoms with van der Waals surface area (Å²) in [6.07, 6.45) is 0. The minimum Gasteiger partial charge on any atom is -0.454 e. The average Bonchev–Trinajstić information content (AvgIpc) is 3.18. The fourth-order valence-electron chi connectivity index (χ4n) is 2.91. The van der Waals surface area contributed by atoms with E-state index in [0.29, 0.717) is 11.5 Å². The van der Waals surface area contributed by atoms with E-state index in [0.717, 1.165) is 5.56 Å². The first-order chi connectivity index (χ1) is 14.3. The molecule has 0 fully saturated rings. The van der Waals surface area contributed by atoms with Gasteiger partial charge < -0.3 is 14.8 Å². The molecule has 1 aliphatic heterocycles. The van der Waals surface area contributed by atoms with Gasteiger partial charge >= 0.3 is 0 Å². The summed E-state index contributed by atoms with van der Waals surface area (Å²) in [5.74, 6) is -0.245. The van der Waals surface area contributed by atoms with Gasteiger partial charge in [-0.05, 0) is 55.0 Å². The van der Waals surface area contributed by atoms with Crippen molar-refractivity contribution in [1.82, 2.24) is 0 Å². The minimum atomic E-state index is -3.97. The molecule has 1 aliphatic rings. The number of anilines is 2. The zero-order valence-electron chi connectivity index (χ0n) is 15.8. The summed E-state index contributed by atoms with van der Waals surface area (Å²) in [6, 6.07) is 14.5. The minimum absolute atomic E-state index is 0.0201. The van der Waals surface area contributed by atoms with Gasteiger partial charge in [0.1, 0.15) is 5.82 Å². The van der Waals surface area contributed by atoms with Crippen LogP contribution >= 0.6 is 0 Å². The zero-order valence-corrected chi connectivity index (χ0v) is 16.6. The van der Waals surface area contributed by atoms with Crippen LogP contribution in [0, 0.1) is 12.7 Å². The third kappa shape index (κ3) is 4.06. The number of carbonyl (C=O) groups excluding carboxylic acids is 1. The van der Waals surface area contributed by atoms with Gasteiger partial charge in [-0.25, -0.2) is 12.8 Å². The molecule has 0 unspecified atom stereocenters. The maximum Gasteiger partial charge on any atom is 0.261 e. The molecule has 0 saturated heterocycles. The lowest BCUT2D eigenvalue weighted by molar-refractivity contribution is 0.102. The number of fused-ring (bicyclic) bond motifs is 1. The molecule has 7 nitrogen and oxygen atoms in total. The van der Waals surface area contributed by atoms with Crippen LogP contribution in [0.3, 0.4) is 0 Å². The first-order valence-electron chi connectivity index (χ1n) is 8.92. The fraction of sp³-hybridized carbons (Fsp3) is 0.0952. The van der Waals surface area contributed by atoms with Crippen molar-refractivity contribution >= 4 is 27.3 Å². The molecule has 0 spiro atoms. The van der Waals surface area contributed by atoms with Gasteiger partial charge in [-0.3, -0.25) is 9.52 Å². The van der Waals surface area contributed by atoms with Crippen molar-refractivity contribution < 1.29 is 27.1 Å². The van der Waals surface area contributed by atoms with Crippen molar-refractivity contribution in [1.29, 1.82) is 0 Å². The predicted molar refractivity (Wildman–Crippen MR) is 109 cm³/mol. The summed E-state index contributed by atoms with van der Waals surface area (Å²) >= 11 is 0. The molecule has 0 radical (unpaired) electrons. The fourth-order valence-corrected chi connectivity index (χ4v) is 4.00. The van der Waals surface area contributed by atoms with Gasteiger partial charge in [-0.2, -0.15) is 0 Å². The molecule has 154 valence electrons. The Balaban J connectivity index is 1.56. The molecule has 0 aromatic heterocycles. The summed E-state index contributed by atoms with van der Waals surface area (Å²) in [5, 5.41) is 2.46. The van der Waals surface area contributed by atoms with Gasteiger partial charge in [0.25, 0.3) is 15.9 Å². The SMILES string of the molecule is Cc1ccc(F)c(NC(=O)c2cccc(S(=O)(=O)Nc3ccc4c(c3)OCO4)c2)c1. The van der Waals surface area contributed by atoms with E-state index in [4.69, 9.17) is 9.47 Å². The predicted octanol–water partition coefficient (Wildman–Crippen LogP) is 3.92. The largest absolute Gasteiger partial charge is 0.454 e. The lowest BCUT2D eigenvalue weighted by Crippen LogP contribution is -2.16. The lowest BCUT2D eigenvalue weighted by Gasteiger charge is -2.11. The molecule has 0 atom stereocenters. The van der Waals surface area contributed by atoms with Gasteiger partial charge in [0.2, 0.25) is 6.79 Å². The smallest absolute Gasteiger partial charge is 0.261 e. The second-order valence-electron chi connectivity index (χ2n) is 6.64. The molecule has 0 saturated carbocycles. The molecule has 9 heteroatoms. The molecule has 1 heterocycles. The van der Waals surface area contributed by atoms with Gasteiger partial charge in [-0.1, -0.05) is 12.1 Å². The van der Waals surface area contributed by atoms with Crippen molar-refractivity contribution in [3.63, 3.8) is 0 Å². The quantitative estimate of drug-likeness (QED) is 0.643. The highest BCUT2D eigenvalue weighted by molar-refractivity contribution is 7.92. The number of ether oxygens (including phenoxy) is 2. The number of halogens is 1. The average molecular weight is 428 g/mol. The van der Waals surface area contributed by atoms with Crippen molar-refractivity contribution in [3.05, 3.63) is 77.6 Å².